The van der Waals surface area contributed by atoms with Gasteiger partial charge in [0, 0.05) is 24.4 Å². The van der Waals surface area contributed by atoms with Gasteiger partial charge < -0.3 is 19.5 Å². The maximum Gasteiger partial charge on any atom is 0.416 e. The number of amides is 1. The van der Waals surface area contributed by atoms with Crippen molar-refractivity contribution in [1.82, 2.24) is 14.8 Å². The first-order valence-corrected chi connectivity index (χ1v) is 18.3. The third-order valence-electron chi connectivity index (χ3n) is 9.59. The molecule has 4 rings (SSSR count). The predicted octanol–water partition coefficient (Wildman–Crippen LogP) is 8.79. The fourth-order valence-electron chi connectivity index (χ4n) is 6.75. The normalized spacial score (nSPS) is 14.1. The highest BCUT2D eigenvalue weighted by Crippen LogP contribution is 2.45. The summed E-state index contributed by atoms with van der Waals surface area (Å²) in [6.07, 6.45) is 4.17. The van der Waals surface area contributed by atoms with E-state index < -0.39 is 53.5 Å². The van der Waals surface area contributed by atoms with Crippen LogP contribution in [0.2, 0.25) is 0 Å². The summed E-state index contributed by atoms with van der Waals surface area (Å²) >= 11 is 0. The summed E-state index contributed by atoms with van der Waals surface area (Å²) in [5.41, 5.74) is 2.15. The predicted molar refractivity (Wildman–Crippen MR) is 200 cm³/mol. The number of hydrogen-bond donors (Lipinski definition) is 1. The molecule has 3 aromatic rings. The minimum atomic E-state index is -4.79. The lowest BCUT2D eigenvalue weighted by atomic mass is 9.87. The topological polar surface area (TPSA) is 80.6 Å². The van der Waals surface area contributed by atoms with Crippen LogP contribution in [0.5, 0.6) is 0 Å². The molecule has 0 unspecified atom stereocenters. The molecule has 53 heavy (non-hydrogen) atoms. The van der Waals surface area contributed by atoms with Gasteiger partial charge in [0.25, 0.3) is 5.56 Å². The standard InChI is InChI=1S/C42H51F4N3O4/c1-7-10-11-12-16-29-17-13-15-27(4)39(29)31-22-32(28-18-19-28)40(43)33(23-31)35(25-38(51)53-9-3)47-41(52)36(14-8-2)49-26-30(20-21-48(5)6)34(24-37(49)50)42(44,45)46/h7-8,13,15,17,22-24,26,28,35-36H,1-2,9-12,14,16,18-21,25H2,3-6H3,(H,47,52)/t35-,36-/m0/s1. The first-order chi connectivity index (χ1) is 25.2. The molecule has 1 aromatic heterocycles. The zero-order valence-electron chi connectivity index (χ0n) is 31.2. The number of likely N-dealkylation sites (N-methyl/N-ethyl adjacent to an activating group) is 1. The Hall–Kier alpha value is -4.51. The molecule has 2 atom stereocenters. The molecule has 286 valence electrons. The number of ether oxygens (including phenoxy) is 1. The molecular formula is C42H51F4N3O4. The number of halogens is 4. The van der Waals surface area contributed by atoms with E-state index in [-0.39, 0.29) is 43.0 Å². The van der Waals surface area contributed by atoms with E-state index in [1.807, 2.05) is 31.2 Å². The highest BCUT2D eigenvalue weighted by atomic mass is 19.4. The van der Waals surface area contributed by atoms with E-state index >= 15 is 4.39 Å². The van der Waals surface area contributed by atoms with E-state index in [9.17, 15) is 27.6 Å². The zero-order valence-corrected chi connectivity index (χ0v) is 31.2. The summed E-state index contributed by atoms with van der Waals surface area (Å²) in [7, 11) is 3.43. The summed E-state index contributed by atoms with van der Waals surface area (Å²) in [6.45, 7) is 11.5. The number of carbonyl (C=O) groups is 2. The van der Waals surface area contributed by atoms with Crippen molar-refractivity contribution in [3.63, 3.8) is 0 Å². The molecule has 1 heterocycles. The van der Waals surface area contributed by atoms with Gasteiger partial charge in [0.2, 0.25) is 5.91 Å². The monoisotopic (exact) mass is 737 g/mol. The van der Waals surface area contributed by atoms with Gasteiger partial charge in [-0.05, 0) is 131 Å². The number of unbranched alkanes of at least 4 members (excludes halogenated alkanes) is 2. The lowest BCUT2D eigenvalue weighted by molar-refractivity contribution is -0.144. The number of aryl methyl sites for hydroxylation is 2. The van der Waals surface area contributed by atoms with E-state index in [4.69, 9.17) is 4.74 Å². The minimum Gasteiger partial charge on any atom is -0.466 e. The molecule has 1 aliphatic carbocycles. The second kappa shape index (κ2) is 18.5. The van der Waals surface area contributed by atoms with Crippen molar-refractivity contribution in [3.8, 4) is 11.1 Å². The Kier molecular flexibility index (Phi) is 14.4. The van der Waals surface area contributed by atoms with Crippen LogP contribution in [0.4, 0.5) is 17.6 Å². The van der Waals surface area contributed by atoms with Crippen molar-refractivity contribution in [2.24, 2.45) is 0 Å². The highest BCUT2D eigenvalue weighted by Gasteiger charge is 2.36. The van der Waals surface area contributed by atoms with Crippen molar-refractivity contribution in [3.05, 3.63) is 117 Å². The summed E-state index contributed by atoms with van der Waals surface area (Å²) in [5.74, 6) is -2.01. The largest absolute Gasteiger partial charge is 0.466 e. The number of allylic oxidation sites excluding steroid dienone is 2. The lowest BCUT2D eigenvalue weighted by Crippen LogP contribution is -2.40. The van der Waals surface area contributed by atoms with Crippen LogP contribution >= 0.6 is 0 Å². The average molecular weight is 738 g/mol. The summed E-state index contributed by atoms with van der Waals surface area (Å²) < 4.78 is 65.0. The number of esters is 1. The molecule has 0 spiro atoms. The van der Waals surface area contributed by atoms with Crippen LogP contribution in [-0.2, 0) is 33.3 Å². The fraction of sp³-hybridized carbons (Fsp3) is 0.452. The smallest absolute Gasteiger partial charge is 0.416 e. The van der Waals surface area contributed by atoms with E-state index in [0.29, 0.717) is 11.6 Å². The molecule has 11 heteroatoms. The molecule has 0 radical (unpaired) electrons. The summed E-state index contributed by atoms with van der Waals surface area (Å²) in [6, 6.07) is 7.54. The zero-order chi connectivity index (χ0) is 38.9. The Morgan fingerprint density at radius 3 is 2.43 bits per heavy atom. The van der Waals surface area contributed by atoms with Gasteiger partial charge >= 0.3 is 12.1 Å². The molecule has 1 saturated carbocycles. The molecule has 7 nitrogen and oxygen atoms in total. The molecule has 2 aromatic carbocycles. The second-order valence-corrected chi connectivity index (χ2v) is 14.0. The summed E-state index contributed by atoms with van der Waals surface area (Å²) in [4.78, 5) is 42.2. The van der Waals surface area contributed by atoms with Crippen molar-refractivity contribution < 1.29 is 31.9 Å². The minimum absolute atomic E-state index is 0.0208. The number of pyridine rings is 1. The number of benzene rings is 2. The van der Waals surface area contributed by atoms with Gasteiger partial charge in [-0.1, -0.05) is 30.4 Å². The van der Waals surface area contributed by atoms with Gasteiger partial charge in [-0.3, -0.25) is 14.4 Å². The number of rotatable bonds is 19. The molecule has 0 aliphatic heterocycles. The van der Waals surface area contributed by atoms with Crippen molar-refractivity contribution >= 4 is 11.9 Å². The van der Waals surface area contributed by atoms with Crippen LogP contribution in [0.25, 0.3) is 11.1 Å². The number of carbonyl (C=O) groups excluding carboxylic acids is 2. The number of nitrogens with one attached hydrogen (secondary N) is 1. The van der Waals surface area contributed by atoms with E-state index in [1.165, 1.54) is 6.08 Å². The maximum atomic E-state index is 16.7. The second-order valence-electron chi connectivity index (χ2n) is 14.0. The van der Waals surface area contributed by atoms with Gasteiger partial charge in [0.1, 0.15) is 11.9 Å². The Bertz CT molecular complexity index is 1840. The molecule has 1 aliphatic rings. The maximum absolute atomic E-state index is 16.7. The summed E-state index contributed by atoms with van der Waals surface area (Å²) in [5, 5.41) is 2.80. The third-order valence-corrected chi connectivity index (χ3v) is 9.59. The quantitative estimate of drug-likeness (QED) is 0.0576. The number of alkyl halides is 3. The average Bonchev–Trinajstić information content (AvgIpc) is 3.94. The van der Waals surface area contributed by atoms with Crippen LogP contribution in [0, 0.1) is 12.7 Å². The van der Waals surface area contributed by atoms with Crippen LogP contribution in [0.15, 0.2) is 72.7 Å². The van der Waals surface area contributed by atoms with Crippen molar-refractivity contribution in [1.29, 1.82) is 0 Å². The van der Waals surface area contributed by atoms with Crippen molar-refractivity contribution in [2.75, 3.05) is 27.2 Å². The van der Waals surface area contributed by atoms with E-state index in [2.05, 4.69) is 24.5 Å². The third kappa shape index (κ3) is 10.8. The molecule has 1 amide bonds. The molecule has 1 N–H and O–H groups in total. The van der Waals surface area contributed by atoms with Crippen LogP contribution < -0.4 is 10.9 Å². The first-order valence-electron chi connectivity index (χ1n) is 18.3. The number of aromatic nitrogens is 1. The van der Waals surface area contributed by atoms with Gasteiger partial charge in [0.05, 0.1) is 24.6 Å². The number of nitrogens with zero attached hydrogens (tertiary/aromatic N) is 2. The molecule has 1 fully saturated rings. The van der Waals surface area contributed by atoms with E-state index in [1.54, 1.807) is 32.0 Å². The van der Waals surface area contributed by atoms with Gasteiger partial charge in [-0.15, -0.1) is 13.2 Å². The van der Waals surface area contributed by atoms with E-state index in [0.717, 1.165) is 71.5 Å². The Morgan fingerprint density at radius 1 is 1.08 bits per heavy atom. The van der Waals surface area contributed by atoms with Gasteiger partial charge in [-0.25, -0.2) is 4.39 Å². The fourth-order valence-corrected chi connectivity index (χ4v) is 6.75. The highest BCUT2D eigenvalue weighted by molar-refractivity contribution is 5.82. The lowest BCUT2D eigenvalue weighted by Gasteiger charge is -2.26. The molecule has 0 bridgehead atoms. The van der Waals surface area contributed by atoms with Gasteiger partial charge in [0.15, 0.2) is 0 Å². The molecular weight excluding hydrogens is 686 g/mol. The van der Waals surface area contributed by atoms with Crippen LogP contribution in [0.1, 0.15) is 103 Å². The number of hydrogen-bond acceptors (Lipinski definition) is 5. The first kappa shape index (κ1) is 41.2. The SMILES string of the molecule is C=CCCCCc1cccc(C)c1-c1cc(C2CC2)c(F)c([C@H](CC(=O)OCC)NC(=O)[C@H](CC=C)n2cc(CCN(C)C)c(C(F)(F)F)cc2=O)c1. The molecule has 0 saturated heterocycles. The van der Waals surface area contributed by atoms with Gasteiger partial charge in [-0.2, -0.15) is 13.2 Å². The van der Waals surface area contributed by atoms with Crippen LogP contribution in [-0.4, -0.2) is 48.6 Å². The Balaban J connectivity index is 1.83. The van der Waals surface area contributed by atoms with Crippen molar-refractivity contribution in [2.45, 2.75) is 95.8 Å². The Morgan fingerprint density at radius 2 is 1.81 bits per heavy atom. The van der Waals surface area contributed by atoms with Crippen LogP contribution in [0.3, 0.4) is 0 Å². The Labute approximate surface area is 309 Å².